The number of nitrogens with zero attached hydrogens (tertiary/aromatic N) is 2. The zero-order chi connectivity index (χ0) is 24.4. The molecule has 0 aliphatic heterocycles. The Balaban J connectivity index is 0.00000432. The molecule has 0 saturated carbocycles. The van der Waals surface area contributed by atoms with Crippen molar-refractivity contribution in [2.24, 2.45) is 0 Å². The summed E-state index contributed by atoms with van der Waals surface area (Å²) in [5, 5.41) is 1.23. The molecule has 0 aliphatic rings. The van der Waals surface area contributed by atoms with Gasteiger partial charge in [-0.05, 0) is 54.8 Å². The molecule has 3 aromatic rings. The van der Waals surface area contributed by atoms with Gasteiger partial charge in [-0.15, -0.1) is 0 Å². The van der Waals surface area contributed by atoms with Gasteiger partial charge >= 0.3 is 5.97 Å². The van der Waals surface area contributed by atoms with E-state index in [1.807, 2.05) is 18.2 Å². The highest BCUT2D eigenvalue weighted by molar-refractivity contribution is 5.81. The third-order valence-electron chi connectivity index (χ3n) is 6.34. The number of fused-ring (bicyclic) bond motifs is 1. The summed E-state index contributed by atoms with van der Waals surface area (Å²) in [5.74, 6) is 0.777. The van der Waals surface area contributed by atoms with E-state index in [-0.39, 0.29) is 29.9 Å². The van der Waals surface area contributed by atoms with E-state index in [1.54, 1.807) is 7.11 Å². The van der Waals surface area contributed by atoms with Crippen LogP contribution in [0, 0.1) is 0 Å². The first-order valence-electron chi connectivity index (χ1n) is 12.6. The predicted octanol–water partition coefficient (Wildman–Crippen LogP) is 3.37. The summed E-state index contributed by atoms with van der Waals surface area (Å²) < 4.78 is 13.8. The number of benzene rings is 2. The van der Waals surface area contributed by atoms with Gasteiger partial charge in [0.15, 0.2) is 0 Å². The van der Waals surface area contributed by atoms with Crippen LogP contribution in [-0.4, -0.2) is 45.4 Å². The van der Waals surface area contributed by atoms with E-state index < -0.39 is 0 Å². The van der Waals surface area contributed by atoms with E-state index in [4.69, 9.17) is 9.47 Å². The van der Waals surface area contributed by atoms with Crippen molar-refractivity contribution in [3.63, 3.8) is 0 Å². The van der Waals surface area contributed by atoms with Crippen LogP contribution >= 0.6 is 0 Å². The first-order valence-corrected chi connectivity index (χ1v) is 12.6. The first-order chi connectivity index (χ1) is 16.4. The molecule has 6 heteroatoms. The van der Waals surface area contributed by atoms with Crippen LogP contribution in [-0.2, 0) is 22.5 Å². The van der Waals surface area contributed by atoms with Gasteiger partial charge in [0.05, 0.1) is 41.3 Å². The number of carbonyl (C=O) groups is 1. The zero-order valence-corrected chi connectivity index (χ0v) is 23.9. The molecule has 1 aromatic heterocycles. The van der Waals surface area contributed by atoms with Gasteiger partial charge in [-0.25, -0.2) is 0 Å². The van der Waals surface area contributed by atoms with Gasteiger partial charge in [0, 0.05) is 23.6 Å². The van der Waals surface area contributed by atoms with Crippen LogP contribution in [0.25, 0.3) is 10.9 Å². The summed E-state index contributed by atoms with van der Waals surface area (Å²) in [6.45, 7) is 1.59. The van der Waals surface area contributed by atoms with Crippen molar-refractivity contribution in [3.8, 4) is 5.75 Å². The van der Waals surface area contributed by atoms with Crippen molar-refractivity contribution in [1.29, 1.82) is 0 Å². The van der Waals surface area contributed by atoms with Gasteiger partial charge in [0.25, 0.3) is 0 Å². The quantitative estimate of drug-likeness (QED) is 0.125. The van der Waals surface area contributed by atoms with Crippen molar-refractivity contribution < 1.29 is 38.2 Å². The van der Waals surface area contributed by atoms with E-state index in [0.717, 1.165) is 35.2 Å². The summed E-state index contributed by atoms with van der Waals surface area (Å²) in [6.07, 6.45) is 10.7. The summed E-state index contributed by atoms with van der Waals surface area (Å²) in [5.41, 5.74) is 3.50. The highest BCUT2D eigenvalue weighted by Crippen LogP contribution is 2.22. The SMILES string of the molecule is COc1ccc2c(ccn2CCCCCCCCCOC(=O)Cc2ccc([N+](C)(C)C)cc2)c1.[I-]. The Morgan fingerprint density at radius 1 is 0.857 bits per heavy atom. The van der Waals surface area contributed by atoms with Gasteiger partial charge in [-0.2, -0.15) is 0 Å². The number of methoxy groups -OCH3 is 1. The number of unbranched alkanes of at least 4 members (excludes halogenated alkanes) is 6. The Morgan fingerprint density at radius 2 is 1.51 bits per heavy atom. The van der Waals surface area contributed by atoms with Crippen molar-refractivity contribution >= 4 is 22.6 Å². The third kappa shape index (κ3) is 9.49. The van der Waals surface area contributed by atoms with Crippen LogP contribution < -0.4 is 33.2 Å². The fraction of sp³-hybridized carbons (Fsp3) is 0.483. The summed E-state index contributed by atoms with van der Waals surface area (Å²) >= 11 is 0. The Kier molecular flexibility index (Phi) is 12.1. The van der Waals surface area contributed by atoms with Gasteiger partial charge in [-0.3, -0.25) is 9.28 Å². The Hall–Kier alpha value is -2.06. The average molecular weight is 593 g/mol. The maximum absolute atomic E-state index is 12.1. The molecular weight excluding hydrogens is 551 g/mol. The fourth-order valence-corrected chi connectivity index (χ4v) is 4.23. The van der Waals surface area contributed by atoms with Crippen LogP contribution in [0.15, 0.2) is 54.7 Å². The molecule has 0 bridgehead atoms. The Labute approximate surface area is 228 Å². The van der Waals surface area contributed by atoms with Crippen molar-refractivity contribution in [3.05, 3.63) is 60.3 Å². The number of hydrogen-bond donors (Lipinski definition) is 0. The minimum Gasteiger partial charge on any atom is -1.00 e. The lowest BCUT2D eigenvalue weighted by molar-refractivity contribution is -0.142. The molecule has 0 aliphatic carbocycles. The van der Waals surface area contributed by atoms with E-state index in [9.17, 15) is 4.79 Å². The van der Waals surface area contributed by atoms with E-state index in [2.05, 4.69) is 62.2 Å². The van der Waals surface area contributed by atoms with E-state index in [1.165, 1.54) is 48.7 Å². The first kappa shape index (κ1) is 29.2. The molecule has 35 heavy (non-hydrogen) atoms. The topological polar surface area (TPSA) is 40.5 Å². The fourth-order valence-electron chi connectivity index (χ4n) is 4.23. The van der Waals surface area contributed by atoms with Crippen LogP contribution in [0.1, 0.15) is 50.5 Å². The van der Waals surface area contributed by atoms with E-state index in [0.29, 0.717) is 13.0 Å². The standard InChI is InChI=1S/C29H41N2O3.HI/c1-31(2,3)26-14-12-24(13-15-26)22-29(32)34-21-11-9-7-5-6-8-10-19-30-20-18-25-23-27(33-4)16-17-28(25)30;/h12-18,20,23H,5-11,19,21-22H2,1-4H3;1H/q+1;/p-1. The molecule has 0 radical (unpaired) electrons. The van der Waals surface area contributed by atoms with Crippen LogP contribution in [0.4, 0.5) is 5.69 Å². The molecule has 2 aromatic carbocycles. The number of rotatable bonds is 14. The lowest BCUT2D eigenvalue weighted by Crippen LogP contribution is -3.00. The number of aromatic nitrogens is 1. The molecule has 0 atom stereocenters. The van der Waals surface area contributed by atoms with Crippen molar-refractivity contribution in [2.45, 2.75) is 57.9 Å². The number of carbonyl (C=O) groups excluding carboxylic acids is 1. The minimum atomic E-state index is -0.131. The van der Waals surface area contributed by atoms with E-state index >= 15 is 0 Å². The maximum atomic E-state index is 12.1. The van der Waals surface area contributed by atoms with Gasteiger partial charge < -0.3 is 38.0 Å². The second-order valence-corrected chi connectivity index (χ2v) is 9.98. The molecule has 0 unspecified atom stereocenters. The molecular formula is C29H41IN2O3. The van der Waals surface area contributed by atoms with Gasteiger partial charge in [-0.1, -0.05) is 44.2 Å². The number of ether oxygens (including phenoxy) is 2. The predicted molar refractivity (Wildman–Crippen MR) is 141 cm³/mol. The highest BCUT2D eigenvalue weighted by Gasteiger charge is 2.12. The second-order valence-electron chi connectivity index (χ2n) is 9.98. The lowest BCUT2D eigenvalue weighted by atomic mass is 10.1. The van der Waals surface area contributed by atoms with Gasteiger partial charge in [0.1, 0.15) is 11.4 Å². The molecule has 0 spiro atoms. The molecule has 3 rings (SSSR count). The molecule has 192 valence electrons. The third-order valence-corrected chi connectivity index (χ3v) is 6.34. The second kappa shape index (κ2) is 14.5. The zero-order valence-electron chi connectivity index (χ0n) is 21.8. The molecule has 1 heterocycles. The van der Waals surface area contributed by atoms with Crippen LogP contribution in [0.5, 0.6) is 5.75 Å². The smallest absolute Gasteiger partial charge is 0.310 e. The largest absolute Gasteiger partial charge is 1.00 e. The highest BCUT2D eigenvalue weighted by atomic mass is 127. The summed E-state index contributed by atoms with van der Waals surface area (Å²) in [6, 6.07) is 16.6. The minimum absolute atomic E-state index is 0. The average Bonchev–Trinajstić information content (AvgIpc) is 3.22. The number of aryl methyl sites for hydroxylation is 1. The lowest BCUT2D eigenvalue weighted by Gasteiger charge is -2.23. The van der Waals surface area contributed by atoms with Crippen molar-refractivity contribution in [1.82, 2.24) is 9.05 Å². The Morgan fingerprint density at radius 3 is 2.17 bits per heavy atom. The monoisotopic (exact) mass is 592 g/mol. The summed E-state index contributed by atoms with van der Waals surface area (Å²) in [7, 11) is 8.10. The molecule has 0 fully saturated rings. The number of hydrogen-bond acceptors (Lipinski definition) is 3. The number of esters is 1. The summed E-state index contributed by atoms with van der Waals surface area (Å²) in [4.78, 5) is 12.1. The molecule has 0 saturated heterocycles. The molecule has 5 nitrogen and oxygen atoms in total. The van der Waals surface area contributed by atoms with Crippen molar-refractivity contribution in [2.75, 3.05) is 34.9 Å². The van der Waals surface area contributed by atoms with Crippen LogP contribution in [0.3, 0.4) is 0 Å². The maximum Gasteiger partial charge on any atom is 0.310 e. The van der Waals surface area contributed by atoms with Crippen LogP contribution in [0.2, 0.25) is 0 Å². The molecule has 0 amide bonds. The van der Waals surface area contributed by atoms with Gasteiger partial charge in [0.2, 0.25) is 0 Å². The molecule has 0 N–H and O–H groups in total. The Bertz CT molecular complexity index is 1040. The normalized spacial score (nSPS) is 11.3. The number of quaternary nitrogens is 1. The number of halogens is 1.